The molecule has 0 unspecified atom stereocenters. The van der Waals surface area contributed by atoms with Gasteiger partial charge in [0.25, 0.3) is 0 Å². The summed E-state index contributed by atoms with van der Waals surface area (Å²) in [5.74, 6) is 0. The first-order valence-electron chi connectivity index (χ1n) is 17.2. The third-order valence-electron chi connectivity index (χ3n) is 7.98. The molecule has 42 heavy (non-hydrogen) atoms. The van der Waals surface area contributed by atoms with Crippen LogP contribution < -0.4 is 0 Å². The number of hydrogen-bond acceptors (Lipinski definition) is 0. The van der Waals surface area contributed by atoms with E-state index in [-0.39, 0.29) is 0 Å². The number of rotatable bonds is 20. The molecule has 0 fully saturated rings. The summed E-state index contributed by atoms with van der Waals surface area (Å²) < 4.78 is 1.46. The van der Waals surface area contributed by atoms with E-state index in [4.69, 9.17) is 0 Å². The Balaban J connectivity index is 0.00000113. The van der Waals surface area contributed by atoms with Gasteiger partial charge in [-0.25, -0.2) is 4.70 Å². The molecule has 0 saturated heterocycles. The number of allylic oxidation sites excluding steroid dienone is 2. The fourth-order valence-electron chi connectivity index (χ4n) is 5.56. The molecule has 0 N–H and O–H groups in total. The summed E-state index contributed by atoms with van der Waals surface area (Å²) in [5.41, 5.74) is 19.5. The summed E-state index contributed by atoms with van der Waals surface area (Å²) in [5, 5.41) is 2.56. The fourth-order valence-corrected chi connectivity index (χ4v) is 6.06. The quantitative estimate of drug-likeness (QED) is 0.0805. The zero-order chi connectivity index (χ0) is 30.4. The van der Waals surface area contributed by atoms with E-state index >= 15 is 0 Å². The second-order valence-corrected chi connectivity index (χ2v) is 13.4. The number of unbranched alkanes of at least 4 members (excludes halogenated alkanes) is 10. The van der Waals surface area contributed by atoms with Crippen LogP contribution in [0.2, 0.25) is 10.8 Å². The van der Waals surface area contributed by atoms with Gasteiger partial charge in [-0.1, -0.05) is 109 Å². The second kappa shape index (κ2) is 22.5. The number of benzene rings is 2. The predicted octanol–water partition coefficient (Wildman–Crippen LogP) is 13.0. The first-order chi connectivity index (χ1) is 20.6. The van der Waals surface area contributed by atoms with E-state index in [9.17, 15) is 5.53 Å². The standard InChI is InChI=1S/C35H50N2.2C2H5.Ni/c1-4-7-10-11-12-13-14-15-16-20-30-21-17-24-31(26-30)34-28-33(23-9-6-3)35(37(34)36)32-25-18-22-29(27-32)19-8-5-2;2*1-2;/h17-18,21-22,24-28H,4-16,19-20,23H2,1-3H3;2*1H2,2H3;. The molecule has 1 heterocycles. The van der Waals surface area contributed by atoms with Crippen LogP contribution in [0.1, 0.15) is 147 Å². The summed E-state index contributed by atoms with van der Waals surface area (Å²) in [6.45, 7) is 11.1. The third kappa shape index (κ3) is 13.1. The van der Waals surface area contributed by atoms with Crippen molar-refractivity contribution in [2.24, 2.45) is 0 Å². The van der Waals surface area contributed by atoms with Crippen molar-refractivity contribution in [3.05, 3.63) is 88.0 Å². The number of hydrogen-bond donors (Lipinski definition) is 0. The molecule has 0 saturated carbocycles. The molecule has 0 amide bonds. The van der Waals surface area contributed by atoms with Gasteiger partial charge in [-0.3, -0.25) is 0 Å². The molecule has 0 bridgehead atoms. The summed E-state index contributed by atoms with van der Waals surface area (Å²) >= 11 is 1.82. The van der Waals surface area contributed by atoms with E-state index in [1.165, 1.54) is 103 Å². The van der Waals surface area contributed by atoms with Gasteiger partial charge in [0.1, 0.15) is 0 Å². The average molecular weight is 616 g/mol. The molecular formula is C39H60N2Ni. The van der Waals surface area contributed by atoms with Crippen LogP contribution in [0.25, 0.3) is 16.9 Å². The van der Waals surface area contributed by atoms with Gasteiger partial charge in [-0.15, -0.1) is 0 Å². The second-order valence-electron chi connectivity index (χ2n) is 11.5. The third-order valence-corrected chi connectivity index (χ3v) is 8.97. The van der Waals surface area contributed by atoms with Gasteiger partial charge in [0, 0.05) is 22.8 Å². The van der Waals surface area contributed by atoms with Gasteiger partial charge in [-0.2, -0.15) is 0 Å². The van der Waals surface area contributed by atoms with Crippen molar-refractivity contribution in [2.45, 2.75) is 148 Å². The van der Waals surface area contributed by atoms with Gasteiger partial charge in [-0.05, 0) is 73.9 Å². The SMILES string of the molecule is CCCCCCCCCCCc1cccc(C2=CC(CCCC)=C(c3cccc(CCCC)c3)[N+]2=[N-])c1.C[CH2][Ni][CH2]C. The van der Waals surface area contributed by atoms with Crippen molar-refractivity contribution in [3.8, 4) is 0 Å². The first-order valence-corrected chi connectivity index (χ1v) is 18.6. The van der Waals surface area contributed by atoms with Crippen molar-refractivity contribution >= 4 is 11.4 Å². The molecule has 1 aliphatic rings. The summed E-state index contributed by atoms with van der Waals surface area (Å²) in [6.07, 6.45) is 22.3. The Labute approximate surface area is 265 Å². The van der Waals surface area contributed by atoms with Crippen molar-refractivity contribution in [3.63, 3.8) is 0 Å². The van der Waals surface area contributed by atoms with Crippen molar-refractivity contribution in [2.75, 3.05) is 0 Å². The van der Waals surface area contributed by atoms with Crippen LogP contribution in [-0.4, -0.2) is 4.70 Å². The summed E-state index contributed by atoms with van der Waals surface area (Å²) in [7, 11) is 0. The van der Waals surface area contributed by atoms with E-state index in [1.54, 1.807) is 0 Å². The molecule has 2 aromatic rings. The van der Waals surface area contributed by atoms with Crippen LogP contribution in [0, 0.1) is 0 Å². The van der Waals surface area contributed by atoms with Gasteiger partial charge in [0.15, 0.2) is 0 Å². The molecule has 0 spiro atoms. The topological polar surface area (TPSA) is 25.3 Å². The van der Waals surface area contributed by atoms with Gasteiger partial charge in [0.2, 0.25) is 11.4 Å². The Kier molecular flexibility index (Phi) is 19.4. The van der Waals surface area contributed by atoms with Crippen LogP contribution in [0.3, 0.4) is 0 Å². The summed E-state index contributed by atoms with van der Waals surface area (Å²) in [4.78, 5) is 0. The van der Waals surface area contributed by atoms with E-state index in [2.05, 4.69) is 89.2 Å². The maximum atomic E-state index is 11.4. The minimum atomic E-state index is 0.911. The van der Waals surface area contributed by atoms with Crippen LogP contribution >= 0.6 is 0 Å². The molecular weight excluding hydrogens is 555 g/mol. The average Bonchev–Trinajstić information content (AvgIpc) is 3.34. The monoisotopic (exact) mass is 614 g/mol. The zero-order valence-corrected chi connectivity index (χ0v) is 28.6. The molecule has 1 aliphatic heterocycles. The van der Waals surface area contributed by atoms with Crippen molar-refractivity contribution in [1.82, 2.24) is 0 Å². The molecule has 3 rings (SSSR count). The van der Waals surface area contributed by atoms with Crippen LogP contribution in [-0.2, 0) is 27.3 Å². The van der Waals surface area contributed by atoms with Crippen molar-refractivity contribution in [1.29, 1.82) is 0 Å². The van der Waals surface area contributed by atoms with E-state index in [1.807, 2.05) is 14.4 Å². The van der Waals surface area contributed by atoms with E-state index in [0.717, 1.165) is 54.6 Å². The number of aryl methyl sites for hydroxylation is 2. The normalized spacial score (nSPS) is 13.0. The van der Waals surface area contributed by atoms with E-state index in [0.29, 0.717) is 0 Å². The zero-order valence-electron chi connectivity index (χ0n) is 27.6. The molecule has 0 aliphatic carbocycles. The van der Waals surface area contributed by atoms with Crippen LogP contribution in [0.5, 0.6) is 0 Å². The summed E-state index contributed by atoms with van der Waals surface area (Å²) in [6, 6.07) is 17.6. The first kappa shape index (κ1) is 36.2. The molecule has 2 nitrogen and oxygen atoms in total. The van der Waals surface area contributed by atoms with Crippen LogP contribution in [0.4, 0.5) is 0 Å². The Hall–Kier alpha value is -1.99. The Morgan fingerprint density at radius 1 is 0.571 bits per heavy atom. The number of nitrogens with zero attached hydrogens (tertiary/aromatic N) is 2. The van der Waals surface area contributed by atoms with Gasteiger partial charge in [0.05, 0.1) is 0 Å². The molecule has 0 aromatic heterocycles. The van der Waals surface area contributed by atoms with Crippen molar-refractivity contribution < 1.29 is 19.1 Å². The van der Waals surface area contributed by atoms with Gasteiger partial charge >= 0.3 is 39.1 Å². The molecule has 2 aromatic carbocycles. The predicted molar refractivity (Wildman–Crippen MR) is 181 cm³/mol. The fraction of sp³-hybridized carbons (Fsp3) is 0.590. The maximum absolute atomic E-state index is 11.4. The molecule has 0 radical (unpaired) electrons. The van der Waals surface area contributed by atoms with Crippen LogP contribution in [0.15, 0.2) is 60.2 Å². The van der Waals surface area contributed by atoms with E-state index < -0.39 is 0 Å². The Morgan fingerprint density at radius 3 is 1.64 bits per heavy atom. The Morgan fingerprint density at radius 2 is 1.07 bits per heavy atom. The van der Waals surface area contributed by atoms with Gasteiger partial charge < -0.3 is 5.53 Å². The minimum absolute atomic E-state index is 0.911. The molecule has 0 atom stereocenters. The Bertz CT molecular complexity index is 1100. The molecule has 3 heteroatoms. The molecule has 236 valence electrons.